The maximum Gasteiger partial charge on any atom is 0.319 e. The van der Waals surface area contributed by atoms with Crippen LogP contribution in [0.4, 0.5) is 10.5 Å². The topological polar surface area (TPSA) is 98.1 Å². The minimum Gasteiger partial charge on any atom is -0.339 e. The first kappa shape index (κ1) is 24.0. The van der Waals surface area contributed by atoms with Crippen molar-refractivity contribution < 1.29 is 9.59 Å². The van der Waals surface area contributed by atoms with Gasteiger partial charge in [0.1, 0.15) is 0 Å². The van der Waals surface area contributed by atoms with Gasteiger partial charge in [-0.25, -0.2) is 4.79 Å². The lowest BCUT2D eigenvalue weighted by molar-refractivity contribution is 0.0713. The number of aromatic nitrogens is 1. The lowest BCUT2D eigenvalue weighted by Crippen LogP contribution is -2.38. The molecule has 1 unspecified atom stereocenters. The van der Waals surface area contributed by atoms with Gasteiger partial charge in [0.25, 0.3) is 5.91 Å². The fourth-order valence-corrected chi connectivity index (χ4v) is 4.39. The van der Waals surface area contributed by atoms with Crippen LogP contribution in [0, 0.1) is 18.3 Å². The van der Waals surface area contributed by atoms with Gasteiger partial charge >= 0.3 is 6.03 Å². The zero-order valence-electron chi connectivity index (χ0n) is 20.0. The summed E-state index contributed by atoms with van der Waals surface area (Å²) < 4.78 is 0. The fraction of sp³-hybridized carbons (Fsp3) is 0.286. The van der Waals surface area contributed by atoms with Crippen molar-refractivity contribution in [3.63, 3.8) is 0 Å². The zero-order valence-corrected chi connectivity index (χ0v) is 20.0. The Labute approximate surface area is 205 Å². The molecule has 2 N–H and O–H groups in total. The number of aryl methyl sites for hydroxylation is 1. The highest BCUT2D eigenvalue weighted by molar-refractivity contribution is 5.97. The number of pyridine rings is 1. The Bertz CT molecular complexity index is 1230. The number of urea groups is 1. The van der Waals surface area contributed by atoms with Crippen molar-refractivity contribution >= 4 is 17.6 Å². The monoisotopic (exact) mass is 467 g/mol. The van der Waals surface area contributed by atoms with Crippen LogP contribution in [-0.4, -0.2) is 34.9 Å². The number of rotatable bonds is 5. The first-order valence-electron chi connectivity index (χ1n) is 11.8. The van der Waals surface area contributed by atoms with Crippen molar-refractivity contribution in [2.75, 3.05) is 18.4 Å². The van der Waals surface area contributed by atoms with Crippen molar-refractivity contribution in [1.82, 2.24) is 15.2 Å². The second-order valence-corrected chi connectivity index (χ2v) is 8.94. The molecule has 7 nitrogen and oxygen atoms in total. The minimum atomic E-state index is -0.336. The molecule has 1 aliphatic heterocycles. The normalized spacial score (nSPS) is 14.6. The summed E-state index contributed by atoms with van der Waals surface area (Å²) in [4.78, 5) is 31.7. The summed E-state index contributed by atoms with van der Waals surface area (Å²) in [6.45, 7) is 5.13. The van der Waals surface area contributed by atoms with Gasteiger partial charge in [0.05, 0.1) is 17.7 Å². The van der Waals surface area contributed by atoms with E-state index in [1.54, 1.807) is 18.5 Å². The van der Waals surface area contributed by atoms with Crippen molar-refractivity contribution in [3.8, 4) is 6.07 Å². The summed E-state index contributed by atoms with van der Waals surface area (Å²) in [7, 11) is 0. The Balaban J connectivity index is 1.36. The fourth-order valence-electron chi connectivity index (χ4n) is 4.39. The van der Waals surface area contributed by atoms with Crippen molar-refractivity contribution in [2.24, 2.45) is 0 Å². The number of hydrogen-bond donors (Lipinski definition) is 2. The van der Waals surface area contributed by atoms with Gasteiger partial charge in [-0.2, -0.15) is 5.26 Å². The molecule has 1 saturated heterocycles. The van der Waals surface area contributed by atoms with Crippen molar-refractivity contribution in [3.05, 3.63) is 94.8 Å². The van der Waals surface area contributed by atoms with Gasteiger partial charge in [-0.15, -0.1) is 0 Å². The molecule has 0 aliphatic carbocycles. The lowest BCUT2D eigenvalue weighted by atomic mass is 9.89. The number of piperidine rings is 1. The first-order chi connectivity index (χ1) is 16.9. The summed E-state index contributed by atoms with van der Waals surface area (Å²) in [5.41, 5.74) is 4.83. The number of anilines is 1. The Kier molecular flexibility index (Phi) is 7.41. The van der Waals surface area contributed by atoms with Crippen LogP contribution >= 0.6 is 0 Å². The SMILES string of the molecule is Cc1ccc(C(=O)N2CCC(c3ccc(C#N)cc3)CC2)cc1NC(=O)NC(C)c1cccnc1. The second kappa shape index (κ2) is 10.8. The quantitative estimate of drug-likeness (QED) is 0.541. The summed E-state index contributed by atoms with van der Waals surface area (Å²) in [6.07, 6.45) is 5.17. The largest absolute Gasteiger partial charge is 0.339 e. The predicted octanol–water partition coefficient (Wildman–Crippen LogP) is 5.16. The van der Waals surface area contributed by atoms with E-state index in [2.05, 4.69) is 21.7 Å². The van der Waals surface area contributed by atoms with Crippen LogP contribution in [0.25, 0.3) is 0 Å². The number of nitrogens with zero attached hydrogens (tertiary/aromatic N) is 3. The van der Waals surface area contributed by atoms with Crippen LogP contribution in [0.15, 0.2) is 67.0 Å². The Morgan fingerprint density at radius 2 is 1.86 bits per heavy atom. The van der Waals surface area contributed by atoms with E-state index in [0.717, 1.165) is 24.0 Å². The molecule has 1 aromatic heterocycles. The zero-order chi connectivity index (χ0) is 24.8. The van der Waals surface area contributed by atoms with Gasteiger partial charge in [-0.05, 0) is 79.6 Å². The highest BCUT2D eigenvalue weighted by Crippen LogP contribution is 2.29. The summed E-state index contributed by atoms with van der Waals surface area (Å²) in [5, 5.41) is 14.8. The summed E-state index contributed by atoms with van der Waals surface area (Å²) in [5.74, 6) is 0.350. The highest BCUT2D eigenvalue weighted by Gasteiger charge is 2.25. The molecule has 178 valence electrons. The average Bonchev–Trinajstić information content (AvgIpc) is 2.90. The maximum absolute atomic E-state index is 13.2. The molecule has 1 atom stereocenters. The molecular formula is C28H29N5O2. The van der Waals surface area contributed by atoms with Crippen LogP contribution in [0.3, 0.4) is 0 Å². The number of benzene rings is 2. The third kappa shape index (κ3) is 5.85. The van der Waals surface area contributed by atoms with Gasteiger partial charge in [-0.1, -0.05) is 24.3 Å². The Morgan fingerprint density at radius 1 is 1.11 bits per heavy atom. The van der Waals surface area contributed by atoms with Crippen LogP contribution in [0.5, 0.6) is 0 Å². The Hall–Kier alpha value is -4.18. The smallest absolute Gasteiger partial charge is 0.319 e. The van der Waals surface area contributed by atoms with E-state index >= 15 is 0 Å². The molecule has 2 heterocycles. The average molecular weight is 468 g/mol. The lowest BCUT2D eigenvalue weighted by Gasteiger charge is -2.32. The maximum atomic E-state index is 13.2. The number of carbonyl (C=O) groups is 2. The van der Waals surface area contributed by atoms with Crippen molar-refractivity contribution in [1.29, 1.82) is 5.26 Å². The third-order valence-corrected chi connectivity index (χ3v) is 6.56. The molecule has 0 saturated carbocycles. The van der Waals surface area contributed by atoms with E-state index in [-0.39, 0.29) is 18.0 Å². The minimum absolute atomic E-state index is 0.0320. The van der Waals surface area contributed by atoms with Crippen molar-refractivity contribution in [2.45, 2.75) is 38.6 Å². The van der Waals surface area contributed by atoms with Crippen LogP contribution in [0.2, 0.25) is 0 Å². The molecule has 0 spiro atoms. The van der Waals surface area contributed by atoms with Gasteiger partial charge < -0.3 is 15.5 Å². The van der Waals surface area contributed by atoms with E-state index in [4.69, 9.17) is 5.26 Å². The predicted molar refractivity (Wildman–Crippen MR) is 135 cm³/mol. The van der Waals surface area contributed by atoms with E-state index in [1.165, 1.54) is 5.56 Å². The van der Waals surface area contributed by atoms with Gasteiger partial charge in [0.2, 0.25) is 0 Å². The number of nitriles is 1. The molecule has 7 heteroatoms. The van der Waals surface area contributed by atoms with E-state index in [9.17, 15) is 9.59 Å². The molecule has 3 aromatic rings. The highest BCUT2D eigenvalue weighted by atomic mass is 16.2. The molecular weight excluding hydrogens is 438 g/mol. The first-order valence-corrected chi connectivity index (χ1v) is 11.8. The number of hydrogen-bond acceptors (Lipinski definition) is 4. The summed E-state index contributed by atoms with van der Waals surface area (Å²) >= 11 is 0. The molecule has 35 heavy (non-hydrogen) atoms. The molecule has 1 fully saturated rings. The number of amides is 3. The van der Waals surface area contributed by atoms with Gasteiger partial charge in [0, 0.05) is 36.7 Å². The van der Waals surface area contributed by atoms with Crippen LogP contribution in [0.1, 0.15) is 64.3 Å². The Morgan fingerprint density at radius 3 is 2.51 bits per heavy atom. The van der Waals surface area contributed by atoms with E-state index in [0.29, 0.717) is 35.8 Å². The molecule has 1 aliphatic rings. The standard InChI is InChI=1S/C28H29N5O2/c1-19-5-8-24(16-26(19)32-28(35)31-20(2)25-4-3-13-30-18-25)27(34)33-14-11-23(12-15-33)22-9-6-21(17-29)7-10-22/h3-10,13,16,18,20,23H,11-12,14-15H2,1-2H3,(H2,31,32,35). The summed E-state index contributed by atoms with van der Waals surface area (Å²) in [6, 6.07) is 18.5. The molecule has 2 aromatic carbocycles. The van der Waals surface area contributed by atoms with Gasteiger partial charge in [-0.3, -0.25) is 9.78 Å². The number of likely N-dealkylation sites (tertiary alicyclic amines) is 1. The van der Waals surface area contributed by atoms with E-state index in [1.807, 2.05) is 67.3 Å². The third-order valence-electron chi connectivity index (χ3n) is 6.56. The van der Waals surface area contributed by atoms with Gasteiger partial charge in [0.15, 0.2) is 0 Å². The second-order valence-electron chi connectivity index (χ2n) is 8.94. The van der Waals surface area contributed by atoms with E-state index < -0.39 is 0 Å². The van der Waals surface area contributed by atoms with Crippen LogP contribution in [-0.2, 0) is 0 Å². The molecule has 3 amide bonds. The number of carbonyl (C=O) groups excluding carboxylic acids is 2. The molecule has 4 rings (SSSR count). The molecule has 0 bridgehead atoms. The van der Waals surface area contributed by atoms with Crippen LogP contribution < -0.4 is 10.6 Å². The molecule has 0 radical (unpaired) electrons. The number of nitrogens with one attached hydrogen (secondary N) is 2.